The van der Waals surface area contributed by atoms with Gasteiger partial charge in [-0.25, -0.2) is 4.79 Å². The van der Waals surface area contributed by atoms with Crippen molar-refractivity contribution in [3.05, 3.63) is 94.3 Å². The van der Waals surface area contributed by atoms with E-state index in [1.165, 1.54) is 11.0 Å². The molecule has 6 rings (SSSR count). The van der Waals surface area contributed by atoms with Crippen LogP contribution in [0.3, 0.4) is 0 Å². The highest BCUT2D eigenvalue weighted by Gasteiger charge is 2.40. The van der Waals surface area contributed by atoms with Crippen molar-refractivity contribution >= 4 is 43.0 Å². The summed E-state index contributed by atoms with van der Waals surface area (Å²) in [5.41, 5.74) is 3.62. The Morgan fingerprint density at radius 2 is 1.61 bits per heavy atom. The van der Waals surface area contributed by atoms with Crippen LogP contribution in [0.2, 0.25) is 18.1 Å². The minimum absolute atomic E-state index is 0.00531. The molecule has 3 amide bonds. The molecule has 2 saturated carbocycles. The SMILES string of the molecule is CC(C)(C)OC(=O)NC1CCC(N(C(=O)[O-])c2cc(CCCC(=O)NC3CC(CNC[C@H](O[Si](C)(C)C(C)(C)C)c4ccc(O)c5[nH]c(=O)ccc45)C3)ccc2-c2ccccc2)CC1. The van der Waals surface area contributed by atoms with Gasteiger partial charge in [-0.2, -0.15) is 0 Å². The summed E-state index contributed by atoms with van der Waals surface area (Å²) < 4.78 is 12.4. The maximum absolute atomic E-state index is 13.1. The molecule has 1 heterocycles. The Morgan fingerprint density at radius 3 is 2.27 bits per heavy atom. The van der Waals surface area contributed by atoms with Crippen molar-refractivity contribution in [2.45, 2.75) is 147 Å². The van der Waals surface area contributed by atoms with Gasteiger partial charge in [0, 0.05) is 48.1 Å². The van der Waals surface area contributed by atoms with E-state index in [4.69, 9.17) is 9.16 Å². The number of carbonyl (C=O) groups is 3. The number of phenols is 1. The number of aromatic nitrogens is 1. The van der Waals surface area contributed by atoms with E-state index in [1.807, 2.05) is 75.4 Å². The Morgan fingerprint density at radius 1 is 0.906 bits per heavy atom. The van der Waals surface area contributed by atoms with Crippen LogP contribution in [-0.2, 0) is 20.4 Å². The van der Waals surface area contributed by atoms with Crippen LogP contribution in [0.15, 0.2) is 77.6 Å². The number of fused-ring (bicyclic) bond motifs is 1. The van der Waals surface area contributed by atoms with E-state index in [1.54, 1.807) is 12.1 Å². The molecule has 0 saturated heterocycles. The fourth-order valence-corrected chi connectivity index (χ4v) is 9.94. The Bertz CT molecular complexity index is 2310. The van der Waals surface area contributed by atoms with E-state index in [9.17, 15) is 29.4 Å². The molecule has 4 aromatic rings. The predicted molar refractivity (Wildman–Crippen MR) is 253 cm³/mol. The van der Waals surface area contributed by atoms with E-state index in [0.717, 1.165) is 47.0 Å². The average molecular weight is 895 g/mol. The summed E-state index contributed by atoms with van der Waals surface area (Å²) in [5.74, 6) is 0.425. The number of pyridine rings is 1. The van der Waals surface area contributed by atoms with Gasteiger partial charge in [0.1, 0.15) is 17.4 Å². The quantitative estimate of drug-likeness (QED) is 0.0689. The molecule has 2 aliphatic rings. The first-order valence-electron chi connectivity index (χ1n) is 22.9. The molecule has 14 heteroatoms. The maximum Gasteiger partial charge on any atom is 0.407 e. The molecule has 5 N–H and O–H groups in total. The van der Waals surface area contributed by atoms with Gasteiger partial charge in [0.25, 0.3) is 0 Å². The number of aromatic hydroxyl groups is 1. The fraction of sp³-hybridized carbons (Fsp3) is 0.520. The van der Waals surface area contributed by atoms with Gasteiger partial charge in [-0.3, -0.25) is 9.59 Å². The molecule has 64 heavy (non-hydrogen) atoms. The van der Waals surface area contributed by atoms with Crippen molar-refractivity contribution in [1.82, 2.24) is 20.9 Å². The number of rotatable bonds is 16. The molecule has 1 aromatic heterocycles. The molecule has 0 unspecified atom stereocenters. The van der Waals surface area contributed by atoms with Crippen LogP contribution >= 0.6 is 0 Å². The van der Waals surface area contributed by atoms with Crippen molar-refractivity contribution in [3.63, 3.8) is 0 Å². The van der Waals surface area contributed by atoms with Crippen LogP contribution < -0.4 is 31.5 Å². The maximum atomic E-state index is 13.1. The number of benzene rings is 3. The number of nitrogens with one attached hydrogen (secondary N) is 4. The lowest BCUT2D eigenvalue weighted by Crippen LogP contribution is -2.51. The molecular weight excluding hydrogens is 827 g/mol. The number of hydrogen-bond donors (Lipinski definition) is 5. The number of ether oxygens (including phenoxy) is 1. The lowest BCUT2D eigenvalue weighted by molar-refractivity contribution is -0.247. The molecule has 0 bridgehead atoms. The number of aromatic amines is 1. The summed E-state index contributed by atoms with van der Waals surface area (Å²) in [6.07, 6.45) is 3.60. The Balaban J connectivity index is 1.01. The summed E-state index contributed by atoms with van der Waals surface area (Å²) in [6.45, 7) is 17.8. The Kier molecular flexibility index (Phi) is 15.3. The minimum Gasteiger partial charge on any atom is -0.530 e. The highest BCUT2D eigenvalue weighted by molar-refractivity contribution is 6.74. The number of anilines is 1. The number of amides is 3. The van der Waals surface area contributed by atoms with Crippen LogP contribution in [0, 0.1) is 5.92 Å². The van der Waals surface area contributed by atoms with Gasteiger partial charge < -0.3 is 50.0 Å². The first-order chi connectivity index (χ1) is 30.2. The van der Waals surface area contributed by atoms with Crippen molar-refractivity contribution in [2.24, 2.45) is 5.92 Å². The summed E-state index contributed by atoms with van der Waals surface area (Å²) in [4.78, 5) is 54.7. The number of nitrogens with zero attached hydrogens (tertiary/aromatic N) is 1. The van der Waals surface area contributed by atoms with Crippen molar-refractivity contribution in [2.75, 3.05) is 18.0 Å². The van der Waals surface area contributed by atoms with Crippen LogP contribution in [0.1, 0.15) is 110 Å². The van der Waals surface area contributed by atoms with Crippen LogP contribution in [-0.4, -0.2) is 73.3 Å². The molecule has 346 valence electrons. The van der Waals surface area contributed by atoms with Gasteiger partial charge in [0.2, 0.25) is 11.5 Å². The summed E-state index contributed by atoms with van der Waals surface area (Å²) in [6, 6.07) is 22.0. The lowest BCUT2D eigenvalue weighted by Gasteiger charge is -2.40. The molecule has 3 aromatic carbocycles. The summed E-state index contributed by atoms with van der Waals surface area (Å²) >= 11 is 0. The molecular formula is C50H68N5O8Si-. The first kappa shape index (κ1) is 48.3. The van der Waals surface area contributed by atoms with Gasteiger partial charge in [-0.15, -0.1) is 0 Å². The molecule has 13 nitrogen and oxygen atoms in total. The van der Waals surface area contributed by atoms with Crippen LogP contribution in [0.25, 0.3) is 22.0 Å². The topological polar surface area (TPSA) is 185 Å². The van der Waals surface area contributed by atoms with Crippen molar-refractivity contribution in [3.8, 4) is 16.9 Å². The molecule has 0 aliphatic heterocycles. The molecule has 1 atom stereocenters. The Labute approximate surface area is 378 Å². The van der Waals surface area contributed by atoms with Gasteiger partial charge in [-0.1, -0.05) is 69.3 Å². The first-order valence-corrected chi connectivity index (χ1v) is 25.8. The minimum atomic E-state index is -2.21. The third-order valence-electron chi connectivity index (χ3n) is 13.1. The number of hydrogen-bond acceptors (Lipinski definition) is 9. The van der Waals surface area contributed by atoms with Crippen molar-refractivity contribution in [1.29, 1.82) is 0 Å². The van der Waals surface area contributed by atoms with E-state index >= 15 is 0 Å². The summed E-state index contributed by atoms with van der Waals surface area (Å²) in [5, 5.41) is 34.0. The number of H-pyrrole nitrogens is 1. The molecule has 0 spiro atoms. The van der Waals surface area contributed by atoms with Gasteiger partial charge in [-0.05, 0) is 138 Å². The second kappa shape index (κ2) is 20.3. The normalized spacial score (nSPS) is 19.6. The lowest BCUT2D eigenvalue weighted by atomic mass is 9.80. The van der Waals surface area contributed by atoms with Gasteiger partial charge in [0.05, 0.1) is 17.3 Å². The van der Waals surface area contributed by atoms with E-state index < -0.39 is 26.1 Å². The monoisotopic (exact) mass is 894 g/mol. The van der Waals surface area contributed by atoms with Crippen LogP contribution in [0.5, 0.6) is 5.75 Å². The van der Waals surface area contributed by atoms with E-state index in [0.29, 0.717) is 68.6 Å². The molecule has 0 radical (unpaired) electrons. The average Bonchev–Trinajstić information content (AvgIpc) is 3.19. The second-order valence-corrected chi connectivity index (χ2v) is 25.0. The number of carboxylic acid groups (broad SMARTS) is 1. The standard InChI is InChI=1S/C50H69N5O8Si/c1-49(2,3)62-47(59)53-35-18-20-37(21-19-35)55(48(60)61)41-29-32(17-22-38(41)34-14-10-9-11-15-34)13-12-16-44(57)52-36-27-33(28-36)30-51-31-43(63-64(7,8)50(4,5)6)39-23-25-42(56)46-40(39)24-26-45(58)54-46/h9-11,14-15,17,22-26,29,33,35-37,43,51,56H,12-13,16,18-21,27-28,30-31H2,1-8H3,(H,52,57)(H,53,59)(H,54,58)(H,60,61)/p-1/t33?,35?,36?,37?,43-/m0/s1. The fourth-order valence-electron chi connectivity index (χ4n) is 8.67. The largest absolute Gasteiger partial charge is 0.530 e. The van der Waals surface area contributed by atoms with Gasteiger partial charge in [0.15, 0.2) is 8.32 Å². The second-order valence-electron chi connectivity index (χ2n) is 20.3. The Hall–Kier alpha value is -5.18. The zero-order chi connectivity index (χ0) is 46.4. The zero-order valence-corrected chi connectivity index (χ0v) is 39.8. The number of carbonyl (C=O) groups excluding carboxylic acids is 3. The third-order valence-corrected chi connectivity index (χ3v) is 17.6. The molecule has 2 aliphatic carbocycles. The number of phenolic OH excluding ortho intramolecular Hbond substituents is 1. The predicted octanol–water partition coefficient (Wildman–Crippen LogP) is 8.46. The van der Waals surface area contributed by atoms with E-state index in [2.05, 4.69) is 54.8 Å². The highest BCUT2D eigenvalue weighted by Crippen LogP contribution is 2.42. The van der Waals surface area contributed by atoms with Crippen molar-refractivity contribution < 1.29 is 33.8 Å². The van der Waals surface area contributed by atoms with E-state index in [-0.39, 0.29) is 46.5 Å². The van der Waals surface area contributed by atoms with Gasteiger partial charge >= 0.3 is 6.09 Å². The smallest absolute Gasteiger partial charge is 0.407 e. The highest BCUT2D eigenvalue weighted by atomic mass is 28.4. The zero-order valence-electron chi connectivity index (χ0n) is 38.8. The third kappa shape index (κ3) is 12.5. The molecule has 2 fully saturated rings. The number of aryl methyl sites for hydroxylation is 1. The summed E-state index contributed by atoms with van der Waals surface area (Å²) in [7, 11) is -2.21. The van der Waals surface area contributed by atoms with Crippen LogP contribution in [0.4, 0.5) is 15.3 Å². The number of alkyl carbamates (subject to hydrolysis) is 1.